The monoisotopic (exact) mass is 314 g/mol. The second kappa shape index (κ2) is 7.71. The predicted octanol–water partition coefficient (Wildman–Crippen LogP) is 2.15. The van der Waals surface area contributed by atoms with Crippen LogP contribution in [0.4, 0.5) is 0 Å². The average molecular weight is 314 g/mol. The van der Waals surface area contributed by atoms with Crippen LogP contribution in [0.25, 0.3) is 0 Å². The lowest BCUT2D eigenvalue weighted by atomic mass is 10.2. The van der Waals surface area contributed by atoms with Gasteiger partial charge >= 0.3 is 0 Å². The summed E-state index contributed by atoms with van der Waals surface area (Å²) < 4.78 is 26.5. The van der Waals surface area contributed by atoms with E-state index in [-0.39, 0.29) is 11.7 Å². The summed E-state index contributed by atoms with van der Waals surface area (Å²) in [6, 6.07) is 9.19. The molecule has 1 aromatic rings. The van der Waals surface area contributed by atoms with Gasteiger partial charge in [-0.1, -0.05) is 56.4 Å². The van der Waals surface area contributed by atoms with Gasteiger partial charge in [0.25, 0.3) is 0 Å². The highest BCUT2D eigenvalue weighted by atomic mass is 32.2. The first-order valence-corrected chi connectivity index (χ1v) is 8.63. The molecule has 0 aromatic heterocycles. The molecular formula is C14H22N2O2S2. The number of nitrogens with zero attached hydrogens (tertiary/aromatic N) is 1. The third kappa shape index (κ3) is 5.98. The van der Waals surface area contributed by atoms with Gasteiger partial charge in [-0.25, -0.2) is 12.7 Å². The Hall–Kier alpha value is -0.980. The van der Waals surface area contributed by atoms with Crippen molar-refractivity contribution in [1.82, 2.24) is 4.31 Å². The summed E-state index contributed by atoms with van der Waals surface area (Å²) in [7, 11) is -3.35. The maximum absolute atomic E-state index is 12.5. The molecule has 0 radical (unpaired) electrons. The highest BCUT2D eigenvalue weighted by molar-refractivity contribution is 7.88. The second-order valence-corrected chi connectivity index (χ2v) is 7.70. The van der Waals surface area contributed by atoms with Gasteiger partial charge in [0.05, 0.1) is 10.7 Å². The van der Waals surface area contributed by atoms with Crippen molar-refractivity contribution in [3.8, 4) is 0 Å². The first-order chi connectivity index (χ1) is 9.31. The van der Waals surface area contributed by atoms with Gasteiger partial charge in [0.15, 0.2) is 0 Å². The number of sulfonamides is 1. The van der Waals surface area contributed by atoms with E-state index < -0.39 is 10.0 Å². The van der Waals surface area contributed by atoms with Crippen molar-refractivity contribution < 1.29 is 8.42 Å². The van der Waals surface area contributed by atoms with E-state index in [4.69, 9.17) is 18.0 Å². The van der Waals surface area contributed by atoms with Crippen LogP contribution in [-0.2, 0) is 15.8 Å². The highest BCUT2D eigenvalue weighted by Gasteiger charge is 2.23. The molecule has 0 spiro atoms. The van der Waals surface area contributed by atoms with Crippen molar-refractivity contribution in [3.63, 3.8) is 0 Å². The van der Waals surface area contributed by atoms with E-state index in [1.165, 1.54) is 4.31 Å². The summed E-state index contributed by atoms with van der Waals surface area (Å²) in [5.41, 5.74) is 6.27. The van der Waals surface area contributed by atoms with E-state index >= 15 is 0 Å². The summed E-state index contributed by atoms with van der Waals surface area (Å²) in [6.07, 6.45) is 0.413. The van der Waals surface area contributed by atoms with Crippen molar-refractivity contribution in [1.29, 1.82) is 0 Å². The van der Waals surface area contributed by atoms with Gasteiger partial charge in [-0.05, 0) is 11.5 Å². The lowest BCUT2D eigenvalue weighted by Gasteiger charge is -2.23. The van der Waals surface area contributed by atoms with Gasteiger partial charge in [-0.3, -0.25) is 0 Å². The molecule has 1 rings (SSSR count). The Morgan fingerprint density at radius 2 is 1.90 bits per heavy atom. The van der Waals surface area contributed by atoms with Gasteiger partial charge in [-0.2, -0.15) is 0 Å². The molecule has 4 nitrogen and oxygen atoms in total. The van der Waals surface area contributed by atoms with E-state index in [1.54, 1.807) is 0 Å². The molecule has 0 fully saturated rings. The molecule has 0 saturated heterocycles. The third-order valence-electron chi connectivity index (χ3n) is 2.76. The molecule has 0 amide bonds. The van der Waals surface area contributed by atoms with Crippen molar-refractivity contribution >= 4 is 27.2 Å². The van der Waals surface area contributed by atoms with Crippen molar-refractivity contribution in [2.75, 3.05) is 13.1 Å². The Bertz CT molecular complexity index is 527. The molecule has 0 unspecified atom stereocenters. The van der Waals surface area contributed by atoms with Gasteiger partial charge in [-0.15, -0.1) is 0 Å². The van der Waals surface area contributed by atoms with Crippen LogP contribution in [0.2, 0.25) is 0 Å². The molecule has 0 bridgehead atoms. The first-order valence-electron chi connectivity index (χ1n) is 6.61. The van der Waals surface area contributed by atoms with Crippen LogP contribution in [0, 0.1) is 5.92 Å². The minimum atomic E-state index is -3.35. The van der Waals surface area contributed by atoms with Crippen LogP contribution >= 0.6 is 12.2 Å². The number of benzene rings is 1. The van der Waals surface area contributed by atoms with Crippen LogP contribution in [0.5, 0.6) is 0 Å². The quantitative estimate of drug-likeness (QED) is 0.747. The molecule has 1 aromatic carbocycles. The molecule has 2 N–H and O–H groups in total. The Kier molecular flexibility index (Phi) is 6.58. The van der Waals surface area contributed by atoms with E-state index in [2.05, 4.69) is 0 Å². The summed E-state index contributed by atoms with van der Waals surface area (Å²) in [4.78, 5) is 0.341. The Morgan fingerprint density at radius 1 is 1.30 bits per heavy atom. The van der Waals surface area contributed by atoms with E-state index in [9.17, 15) is 8.42 Å². The summed E-state index contributed by atoms with van der Waals surface area (Å²) >= 11 is 4.84. The lowest BCUT2D eigenvalue weighted by molar-refractivity contribution is 0.374. The van der Waals surface area contributed by atoms with Crippen molar-refractivity contribution in [3.05, 3.63) is 35.9 Å². The van der Waals surface area contributed by atoms with Crippen molar-refractivity contribution in [2.24, 2.45) is 11.7 Å². The fourth-order valence-corrected chi connectivity index (χ4v) is 3.64. The molecular weight excluding hydrogens is 292 g/mol. The molecule has 0 heterocycles. The fourth-order valence-electron chi connectivity index (χ4n) is 1.86. The zero-order valence-corrected chi connectivity index (χ0v) is 13.6. The van der Waals surface area contributed by atoms with E-state index in [0.29, 0.717) is 24.5 Å². The smallest absolute Gasteiger partial charge is 0.218 e. The minimum absolute atomic E-state index is 0.0118. The van der Waals surface area contributed by atoms with Crippen LogP contribution < -0.4 is 5.73 Å². The Labute approximate surface area is 127 Å². The van der Waals surface area contributed by atoms with Crippen LogP contribution in [0.15, 0.2) is 30.3 Å². The van der Waals surface area contributed by atoms with Crippen LogP contribution in [0.1, 0.15) is 25.8 Å². The average Bonchev–Trinajstić information content (AvgIpc) is 2.34. The highest BCUT2D eigenvalue weighted by Crippen LogP contribution is 2.13. The molecule has 0 saturated carbocycles. The largest absolute Gasteiger partial charge is 0.393 e. The molecule has 112 valence electrons. The Morgan fingerprint density at radius 3 is 2.40 bits per heavy atom. The zero-order chi connectivity index (χ0) is 15.2. The summed E-state index contributed by atoms with van der Waals surface area (Å²) in [6.45, 7) is 4.82. The number of thiocarbonyl (C=S) groups is 1. The van der Waals surface area contributed by atoms with Gasteiger partial charge in [0, 0.05) is 19.5 Å². The lowest BCUT2D eigenvalue weighted by Crippen LogP contribution is -2.37. The van der Waals surface area contributed by atoms with Crippen LogP contribution in [0.3, 0.4) is 0 Å². The van der Waals surface area contributed by atoms with Gasteiger partial charge < -0.3 is 5.73 Å². The van der Waals surface area contributed by atoms with E-state index in [1.807, 2.05) is 44.2 Å². The Balaban J connectivity index is 2.83. The molecule has 6 heteroatoms. The number of hydrogen-bond donors (Lipinski definition) is 1. The van der Waals surface area contributed by atoms with E-state index in [0.717, 1.165) is 5.56 Å². The topological polar surface area (TPSA) is 63.4 Å². The number of nitrogens with two attached hydrogens (primary N) is 1. The number of rotatable bonds is 8. The zero-order valence-electron chi connectivity index (χ0n) is 12.0. The molecule has 0 atom stereocenters. The van der Waals surface area contributed by atoms with Gasteiger partial charge in [0.2, 0.25) is 10.0 Å². The fraction of sp³-hybridized carbons (Fsp3) is 0.500. The maximum atomic E-state index is 12.5. The summed E-state index contributed by atoms with van der Waals surface area (Å²) in [5, 5.41) is 0. The molecule has 20 heavy (non-hydrogen) atoms. The van der Waals surface area contributed by atoms with Crippen LogP contribution in [-0.4, -0.2) is 30.8 Å². The molecule has 0 aliphatic heterocycles. The number of hydrogen-bond acceptors (Lipinski definition) is 3. The van der Waals surface area contributed by atoms with Crippen molar-refractivity contribution in [2.45, 2.75) is 26.0 Å². The predicted molar refractivity (Wildman–Crippen MR) is 86.9 cm³/mol. The SMILES string of the molecule is CC(C)CN(CCC(N)=S)S(=O)(=O)Cc1ccccc1. The molecule has 0 aliphatic carbocycles. The minimum Gasteiger partial charge on any atom is -0.393 e. The maximum Gasteiger partial charge on any atom is 0.218 e. The normalized spacial score (nSPS) is 12.0. The molecule has 0 aliphatic rings. The third-order valence-corrected chi connectivity index (χ3v) is 4.78. The second-order valence-electron chi connectivity index (χ2n) is 5.21. The first kappa shape index (κ1) is 17.1. The standard InChI is InChI=1S/C14H22N2O2S2/c1-12(2)10-16(9-8-14(15)19)20(17,18)11-13-6-4-3-5-7-13/h3-7,12H,8-11H2,1-2H3,(H2,15,19). The van der Waals surface area contributed by atoms with Gasteiger partial charge in [0.1, 0.15) is 0 Å². The summed E-state index contributed by atoms with van der Waals surface area (Å²) in [5.74, 6) is 0.268.